The van der Waals surface area contributed by atoms with Crippen LogP contribution in [0.1, 0.15) is 36.1 Å². The van der Waals surface area contributed by atoms with E-state index in [9.17, 15) is 14.7 Å². The molecule has 2 aromatic heterocycles. The van der Waals surface area contributed by atoms with Crippen molar-refractivity contribution in [1.82, 2.24) is 24.4 Å². The number of imidazole rings is 1. The summed E-state index contributed by atoms with van der Waals surface area (Å²) in [5.74, 6) is 0.353. The lowest BCUT2D eigenvalue weighted by molar-refractivity contribution is -0.131. The van der Waals surface area contributed by atoms with Gasteiger partial charge >= 0.3 is 5.97 Å². The summed E-state index contributed by atoms with van der Waals surface area (Å²) < 4.78 is 2.01. The van der Waals surface area contributed by atoms with Gasteiger partial charge in [0.05, 0.1) is 0 Å². The smallest absolute Gasteiger partial charge is 0.358 e. The Balaban J connectivity index is 1.60. The molecule has 3 heterocycles. The molecule has 2 aromatic rings. The van der Waals surface area contributed by atoms with Gasteiger partial charge < -0.3 is 19.5 Å². The molecule has 1 fully saturated rings. The number of rotatable bonds is 6. The van der Waals surface area contributed by atoms with Crippen LogP contribution < -0.4 is 4.90 Å². The molecule has 0 saturated carbocycles. The minimum Gasteiger partial charge on any atom is -0.476 e. The van der Waals surface area contributed by atoms with E-state index >= 15 is 0 Å². The Bertz CT molecular complexity index is 806. The van der Waals surface area contributed by atoms with Crippen molar-refractivity contribution in [1.29, 1.82) is 0 Å². The summed E-state index contributed by atoms with van der Waals surface area (Å²) in [6.07, 6.45) is 8.55. The fourth-order valence-corrected chi connectivity index (χ4v) is 3.32. The van der Waals surface area contributed by atoms with Crippen molar-refractivity contribution in [2.24, 2.45) is 0 Å². The molecule has 144 valence electrons. The molecule has 1 aliphatic heterocycles. The third-order valence-corrected chi connectivity index (χ3v) is 4.71. The Morgan fingerprint density at radius 2 is 1.89 bits per heavy atom. The summed E-state index contributed by atoms with van der Waals surface area (Å²) in [4.78, 5) is 40.1. The van der Waals surface area contributed by atoms with E-state index in [2.05, 4.69) is 15.0 Å². The van der Waals surface area contributed by atoms with Crippen LogP contribution in [0, 0.1) is 0 Å². The number of carbonyl (C=O) groups excluding carboxylic acids is 1. The maximum Gasteiger partial charge on any atom is 0.358 e. The molecule has 0 bridgehead atoms. The van der Waals surface area contributed by atoms with E-state index in [-0.39, 0.29) is 11.6 Å². The molecule has 0 unspecified atom stereocenters. The average Bonchev–Trinajstić information content (AvgIpc) is 3.00. The lowest BCUT2D eigenvalue weighted by Gasteiger charge is -2.23. The SMILES string of the molecule is CCc1nccn1CCC(=O)N1CCCN(c2nccnc2C(=O)O)CC1. The number of nitrogens with zero attached hydrogens (tertiary/aromatic N) is 6. The highest BCUT2D eigenvalue weighted by Crippen LogP contribution is 2.17. The number of anilines is 1. The summed E-state index contributed by atoms with van der Waals surface area (Å²) in [5.41, 5.74) is -0.0514. The van der Waals surface area contributed by atoms with Crippen LogP contribution in [0.25, 0.3) is 0 Å². The first-order valence-electron chi connectivity index (χ1n) is 9.17. The molecule has 1 saturated heterocycles. The fourth-order valence-electron chi connectivity index (χ4n) is 3.32. The number of aryl methyl sites for hydroxylation is 2. The van der Waals surface area contributed by atoms with Gasteiger partial charge in [-0.15, -0.1) is 0 Å². The second-order valence-corrected chi connectivity index (χ2v) is 6.40. The molecule has 0 radical (unpaired) electrons. The van der Waals surface area contributed by atoms with Crippen LogP contribution in [-0.2, 0) is 17.8 Å². The van der Waals surface area contributed by atoms with Crippen LogP contribution in [0.3, 0.4) is 0 Å². The van der Waals surface area contributed by atoms with E-state index in [0.717, 1.165) is 18.7 Å². The monoisotopic (exact) mass is 372 g/mol. The first-order chi connectivity index (χ1) is 13.1. The maximum atomic E-state index is 12.6. The topological polar surface area (TPSA) is 104 Å². The van der Waals surface area contributed by atoms with Crippen LogP contribution in [0.15, 0.2) is 24.8 Å². The highest BCUT2D eigenvalue weighted by atomic mass is 16.4. The predicted octanol–water partition coefficient (Wildman–Crippen LogP) is 1.06. The van der Waals surface area contributed by atoms with E-state index < -0.39 is 5.97 Å². The predicted molar refractivity (Wildman–Crippen MR) is 98.6 cm³/mol. The zero-order valence-corrected chi connectivity index (χ0v) is 15.4. The number of carboxylic acid groups (broad SMARTS) is 1. The molecule has 1 N–H and O–H groups in total. The summed E-state index contributed by atoms with van der Waals surface area (Å²) in [6, 6.07) is 0. The Morgan fingerprint density at radius 1 is 1.07 bits per heavy atom. The lowest BCUT2D eigenvalue weighted by atomic mass is 10.3. The van der Waals surface area contributed by atoms with Crippen molar-refractivity contribution in [3.8, 4) is 0 Å². The van der Waals surface area contributed by atoms with Crippen molar-refractivity contribution in [2.45, 2.75) is 32.7 Å². The van der Waals surface area contributed by atoms with E-state index in [1.54, 1.807) is 6.20 Å². The minimum absolute atomic E-state index is 0.0514. The Hall–Kier alpha value is -2.97. The van der Waals surface area contributed by atoms with Crippen LogP contribution in [0.4, 0.5) is 5.82 Å². The van der Waals surface area contributed by atoms with Crippen molar-refractivity contribution < 1.29 is 14.7 Å². The number of carboxylic acids is 1. The van der Waals surface area contributed by atoms with Gasteiger partial charge in [-0.05, 0) is 6.42 Å². The number of aromatic nitrogens is 4. The largest absolute Gasteiger partial charge is 0.476 e. The molecule has 9 heteroatoms. The molecule has 3 rings (SSSR count). The third kappa shape index (κ3) is 4.42. The second kappa shape index (κ2) is 8.61. The minimum atomic E-state index is -1.10. The van der Waals surface area contributed by atoms with Gasteiger partial charge in [-0.1, -0.05) is 6.92 Å². The molecule has 0 aliphatic carbocycles. The highest BCUT2D eigenvalue weighted by molar-refractivity contribution is 5.90. The van der Waals surface area contributed by atoms with Gasteiger partial charge in [0.2, 0.25) is 5.91 Å². The normalized spacial score (nSPS) is 14.9. The lowest BCUT2D eigenvalue weighted by Crippen LogP contribution is -2.36. The summed E-state index contributed by atoms with van der Waals surface area (Å²) in [5, 5.41) is 9.31. The van der Waals surface area contributed by atoms with Gasteiger partial charge in [0.25, 0.3) is 0 Å². The molecule has 0 aromatic carbocycles. The van der Waals surface area contributed by atoms with Gasteiger partial charge in [-0.2, -0.15) is 0 Å². The van der Waals surface area contributed by atoms with Crippen LogP contribution in [0.5, 0.6) is 0 Å². The Morgan fingerprint density at radius 3 is 2.67 bits per heavy atom. The first-order valence-corrected chi connectivity index (χ1v) is 9.17. The van der Waals surface area contributed by atoms with Crippen molar-refractivity contribution >= 4 is 17.7 Å². The van der Waals surface area contributed by atoms with Gasteiger partial charge in [-0.3, -0.25) is 4.79 Å². The second-order valence-electron chi connectivity index (χ2n) is 6.40. The van der Waals surface area contributed by atoms with Crippen molar-refractivity contribution in [3.63, 3.8) is 0 Å². The summed E-state index contributed by atoms with van der Waals surface area (Å²) in [6.45, 7) is 5.04. The quantitative estimate of drug-likeness (QED) is 0.808. The number of carbonyl (C=O) groups is 2. The Kier molecular flexibility index (Phi) is 6.00. The average molecular weight is 372 g/mol. The van der Waals surface area contributed by atoms with Crippen LogP contribution in [0.2, 0.25) is 0 Å². The first kappa shape index (κ1) is 18.8. The van der Waals surface area contributed by atoms with Crippen molar-refractivity contribution in [2.75, 3.05) is 31.1 Å². The zero-order valence-electron chi connectivity index (χ0n) is 15.4. The molecule has 1 amide bonds. The number of aromatic carboxylic acids is 1. The maximum absolute atomic E-state index is 12.6. The van der Waals surface area contributed by atoms with Gasteiger partial charge in [0.15, 0.2) is 11.5 Å². The number of hydrogen-bond acceptors (Lipinski definition) is 6. The molecule has 0 atom stereocenters. The third-order valence-electron chi connectivity index (χ3n) is 4.71. The van der Waals surface area contributed by atoms with Crippen LogP contribution >= 0.6 is 0 Å². The van der Waals surface area contributed by atoms with E-state index in [0.29, 0.717) is 45.0 Å². The number of hydrogen-bond donors (Lipinski definition) is 1. The molecular weight excluding hydrogens is 348 g/mol. The van der Waals surface area contributed by atoms with Crippen molar-refractivity contribution in [3.05, 3.63) is 36.3 Å². The molecule has 1 aliphatic rings. The fraction of sp³-hybridized carbons (Fsp3) is 0.500. The van der Waals surface area contributed by atoms with E-state index in [4.69, 9.17) is 0 Å². The van der Waals surface area contributed by atoms with Crippen LogP contribution in [-0.4, -0.2) is 67.6 Å². The molecule has 27 heavy (non-hydrogen) atoms. The summed E-state index contributed by atoms with van der Waals surface area (Å²) in [7, 11) is 0. The summed E-state index contributed by atoms with van der Waals surface area (Å²) >= 11 is 0. The molecular formula is C18H24N6O3. The number of amides is 1. The van der Waals surface area contributed by atoms with E-state index in [1.165, 1.54) is 12.4 Å². The molecule has 0 spiro atoms. The molecule has 9 nitrogen and oxygen atoms in total. The van der Waals surface area contributed by atoms with Gasteiger partial charge in [-0.25, -0.2) is 19.7 Å². The van der Waals surface area contributed by atoms with E-state index in [1.807, 2.05) is 27.5 Å². The van der Waals surface area contributed by atoms with Gasteiger partial charge in [0.1, 0.15) is 5.82 Å². The standard InChI is InChI=1S/C18H24N6O3/c1-2-14-19-7-11-22(14)10-4-15(25)23-8-3-9-24(13-12-23)17-16(18(26)27)20-5-6-21-17/h5-7,11H,2-4,8-10,12-13H2,1H3,(H,26,27). The Labute approximate surface area is 157 Å². The highest BCUT2D eigenvalue weighted by Gasteiger charge is 2.23. The van der Waals surface area contributed by atoms with Gasteiger partial charge in [0, 0.05) is 70.4 Å². The zero-order chi connectivity index (χ0) is 19.2.